The van der Waals surface area contributed by atoms with Gasteiger partial charge in [-0.3, -0.25) is 0 Å². The van der Waals surface area contributed by atoms with Crippen molar-refractivity contribution in [3.8, 4) is 0 Å². The number of hydrogen-bond donors (Lipinski definition) is 1. The lowest BCUT2D eigenvalue weighted by molar-refractivity contribution is 0.0482. The first-order valence-electron chi connectivity index (χ1n) is 4.98. The first-order valence-corrected chi connectivity index (χ1v) is 4.98. The molecule has 1 aromatic rings. The second-order valence-electron chi connectivity index (χ2n) is 3.79. The number of rotatable bonds is 4. The van der Waals surface area contributed by atoms with E-state index < -0.39 is 17.6 Å². The molecule has 1 aromatic carbocycles. The lowest BCUT2D eigenvalue weighted by atomic mass is 10.1. The normalized spacial score (nSPS) is 10.6. The van der Waals surface area contributed by atoms with Crippen LogP contribution in [0.1, 0.15) is 10.4 Å². The zero-order valence-corrected chi connectivity index (χ0v) is 9.67. The van der Waals surface area contributed by atoms with E-state index in [9.17, 15) is 13.6 Å². The van der Waals surface area contributed by atoms with Gasteiger partial charge in [-0.15, -0.1) is 0 Å². The molecule has 0 atom stereocenters. The molecule has 2 N–H and O–H groups in total. The number of nitrogens with two attached hydrogens (primary N) is 1. The molecule has 0 spiro atoms. The standard InChI is InChI=1S/C11H14F2N2O2/c1-15(2)3-4-17-11(16)7-5-8(12)9(13)6-10(7)14/h5-6H,3-4,14H2,1-2H3. The molecule has 0 radical (unpaired) electrons. The molecule has 0 unspecified atom stereocenters. The quantitative estimate of drug-likeness (QED) is 0.640. The minimum atomic E-state index is -1.13. The average molecular weight is 244 g/mol. The van der Waals surface area contributed by atoms with E-state index in [4.69, 9.17) is 10.5 Å². The molecule has 1 rings (SSSR count). The second-order valence-corrected chi connectivity index (χ2v) is 3.79. The number of nitrogen functional groups attached to an aromatic ring is 1. The molecule has 6 heteroatoms. The van der Waals surface area contributed by atoms with Gasteiger partial charge in [0, 0.05) is 18.3 Å². The van der Waals surface area contributed by atoms with Crippen LogP contribution in [-0.4, -0.2) is 38.1 Å². The maximum Gasteiger partial charge on any atom is 0.340 e. The zero-order valence-electron chi connectivity index (χ0n) is 9.67. The number of nitrogens with zero attached hydrogens (tertiary/aromatic N) is 1. The highest BCUT2D eigenvalue weighted by atomic mass is 19.2. The van der Waals surface area contributed by atoms with Crippen LogP contribution in [-0.2, 0) is 4.74 Å². The molecule has 4 nitrogen and oxygen atoms in total. The first kappa shape index (κ1) is 13.4. The van der Waals surface area contributed by atoms with Crippen LogP contribution in [0.5, 0.6) is 0 Å². The molecule has 0 aliphatic heterocycles. The summed E-state index contributed by atoms with van der Waals surface area (Å²) in [6.07, 6.45) is 0. The predicted molar refractivity (Wildman–Crippen MR) is 59.6 cm³/mol. The average Bonchev–Trinajstić information content (AvgIpc) is 2.22. The third-order valence-corrected chi connectivity index (χ3v) is 2.08. The molecule has 17 heavy (non-hydrogen) atoms. The summed E-state index contributed by atoms with van der Waals surface area (Å²) < 4.78 is 30.6. The Hall–Kier alpha value is -1.69. The third-order valence-electron chi connectivity index (χ3n) is 2.08. The van der Waals surface area contributed by atoms with E-state index in [1.165, 1.54) is 0 Å². The van der Waals surface area contributed by atoms with Crippen LogP contribution in [0, 0.1) is 11.6 Å². The number of esters is 1. The van der Waals surface area contributed by atoms with Gasteiger partial charge in [0.1, 0.15) is 6.61 Å². The maximum absolute atomic E-state index is 12.9. The van der Waals surface area contributed by atoms with Crippen LogP contribution < -0.4 is 5.73 Å². The molecule has 0 fully saturated rings. The Morgan fingerprint density at radius 3 is 2.53 bits per heavy atom. The summed E-state index contributed by atoms with van der Waals surface area (Å²) in [5, 5.41) is 0. The van der Waals surface area contributed by atoms with Crippen LogP contribution in [0.25, 0.3) is 0 Å². The van der Waals surface area contributed by atoms with Crippen molar-refractivity contribution in [3.05, 3.63) is 29.3 Å². The van der Waals surface area contributed by atoms with Gasteiger partial charge >= 0.3 is 5.97 Å². The van der Waals surface area contributed by atoms with Crippen LogP contribution in [0.3, 0.4) is 0 Å². The lowest BCUT2D eigenvalue weighted by Crippen LogP contribution is -2.20. The molecule has 94 valence electrons. The fourth-order valence-corrected chi connectivity index (χ4v) is 1.14. The zero-order chi connectivity index (χ0) is 13.0. The molecule has 0 aliphatic carbocycles. The summed E-state index contributed by atoms with van der Waals surface area (Å²) in [5.41, 5.74) is 5.10. The molecular weight excluding hydrogens is 230 g/mol. The van der Waals surface area contributed by atoms with Crippen molar-refractivity contribution in [2.24, 2.45) is 0 Å². The maximum atomic E-state index is 12.9. The number of halogens is 2. The Bertz CT molecular complexity index is 422. The Kier molecular flexibility index (Phi) is 4.39. The van der Waals surface area contributed by atoms with Gasteiger partial charge in [0.05, 0.1) is 5.56 Å². The molecule has 0 saturated carbocycles. The number of hydrogen-bond acceptors (Lipinski definition) is 4. The van der Waals surface area contributed by atoms with E-state index in [1.54, 1.807) is 0 Å². The molecule has 0 heterocycles. The number of ether oxygens (including phenoxy) is 1. The van der Waals surface area contributed by atoms with Crippen molar-refractivity contribution in [1.29, 1.82) is 0 Å². The Labute approximate surface area is 98.0 Å². The SMILES string of the molecule is CN(C)CCOC(=O)c1cc(F)c(F)cc1N. The van der Waals surface area contributed by atoms with Gasteiger partial charge in [-0.05, 0) is 20.2 Å². The van der Waals surface area contributed by atoms with Crippen molar-refractivity contribution in [2.75, 3.05) is 33.0 Å². The Balaban J connectivity index is 2.72. The topological polar surface area (TPSA) is 55.6 Å². The van der Waals surface area contributed by atoms with E-state index >= 15 is 0 Å². The molecular formula is C11H14F2N2O2. The van der Waals surface area contributed by atoms with Gasteiger partial charge in [0.2, 0.25) is 0 Å². The fourth-order valence-electron chi connectivity index (χ4n) is 1.14. The van der Waals surface area contributed by atoms with Crippen molar-refractivity contribution >= 4 is 11.7 Å². The third kappa shape index (κ3) is 3.67. The van der Waals surface area contributed by atoms with E-state index in [-0.39, 0.29) is 17.9 Å². The van der Waals surface area contributed by atoms with Gasteiger partial charge in [0.25, 0.3) is 0 Å². The number of anilines is 1. The largest absolute Gasteiger partial charge is 0.461 e. The smallest absolute Gasteiger partial charge is 0.340 e. The van der Waals surface area contributed by atoms with Crippen molar-refractivity contribution < 1.29 is 18.3 Å². The summed E-state index contributed by atoms with van der Waals surface area (Å²) in [4.78, 5) is 13.3. The van der Waals surface area contributed by atoms with Gasteiger partial charge in [0.15, 0.2) is 11.6 Å². The van der Waals surface area contributed by atoms with E-state index in [0.29, 0.717) is 6.54 Å². The highest BCUT2D eigenvalue weighted by Crippen LogP contribution is 2.17. The lowest BCUT2D eigenvalue weighted by Gasteiger charge is -2.11. The second kappa shape index (κ2) is 5.58. The minimum absolute atomic E-state index is 0.140. The van der Waals surface area contributed by atoms with Crippen LogP contribution >= 0.6 is 0 Å². The molecule has 0 amide bonds. The summed E-state index contributed by atoms with van der Waals surface area (Å²) in [6.45, 7) is 0.694. The van der Waals surface area contributed by atoms with Gasteiger partial charge < -0.3 is 15.4 Å². The monoisotopic (exact) mass is 244 g/mol. The van der Waals surface area contributed by atoms with E-state index in [2.05, 4.69) is 0 Å². The molecule has 0 bridgehead atoms. The summed E-state index contributed by atoms with van der Waals surface area (Å²) in [5.74, 6) is -2.98. The van der Waals surface area contributed by atoms with Gasteiger partial charge in [-0.2, -0.15) is 0 Å². The van der Waals surface area contributed by atoms with E-state index in [1.807, 2.05) is 19.0 Å². The van der Waals surface area contributed by atoms with Gasteiger partial charge in [-0.1, -0.05) is 0 Å². The predicted octanol–water partition coefficient (Wildman–Crippen LogP) is 1.27. The number of likely N-dealkylation sites (N-methyl/N-ethyl adjacent to an activating group) is 1. The van der Waals surface area contributed by atoms with Crippen LogP contribution in [0.2, 0.25) is 0 Å². The Morgan fingerprint density at radius 2 is 1.94 bits per heavy atom. The molecule has 0 aliphatic rings. The fraction of sp³-hybridized carbons (Fsp3) is 0.364. The van der Waals surface area contributed by atoms with Crippen molar-refractivity contribution in [2.45, 2.75) is 0 Å². The van der Waals surface area contributed by atoms with Crippen LogP contribution in [0.15, 0.2) is 12.1 Å². The highest BCUT2D eigenvalue weighted by Gasteiger charge is 2.15. The van der Waals surface area contributed by atoms with Crippen molar-refractivity contribution in [3.63, 3.8) is 0 Å². The Morgan fingerprint density at radius 1 is 1.35 bits per heavy atom. The van der Waals surface area contributed by atoms with Crippen LogP contribution in [0.4, 0.5) is 14.5 Å². The summed E-state index contributed by atoms with van der Waals surface area (Å²) in [7, 11) is 3.64. The van der Waals surface area contributed by atoms with E-state index in [0.717, 1.165) is 12.1 Å². The number of carbonyl (C=O) groups is 1. The number of benzene rings is 1. The van der Waals surface area contributed by atoms with Gasteiger partial charge in [-0.25, -0.2) is 13.6 Å². The molecule has 0 saturated heterocycles. The number of carbonyl (C=O) groups excluding carboxylic acids is 1. The van der Waals surface area contributed by atoms with Crippen molar-refractivity contribution in [1.82, 2.24) is 4.90 Å². The molecule has 0 aromatic heterocycles. The first-order chi connectivity index (χ1) is 7.91. The minimum Gasteiger partial charge on any atom is -0.461 e. The summed E-state index contributed by atoms with van der Waals surface area (Å²) in [6, 6.07) is 1.50. The highest BCUT2D eigenvalue weighted by molar-refractivity contribution is 5.95. The summed E-state index contributed by atoms with van der Waals surface area (Å²) >= 11 is 0.